The predicted octanol–water partition coefficient (Wildman–Crippen LogP) is 1.42. The van der Waals surface area contributed by atoms with E-state index in [0.29, 0.717) is 23.7 Å². The number of ether oxygens (including phenoxy) is 2. The van der Waals surface area contributed by atoms with Gasteiger partial charge < -0.3 is 25.8 Å². The van der Waals surface area contributed by atoms with Crippen molar-refractivity contribution in [2.75, 3.05) is 19.5 Å². The fourth-order valence-electron chi connectivity index (χ4n) is 2.23. The van der Waals surface area contributed by atoms with Crippen molar-refractivity contribution in [2.24, 2.45) is 5.73 Å². The number of carbonyl (C=O) groups excluding carboxylic acids is 2. The van der Waals surface area contributed by atoms with Crippen LogP contribution in [0.15, 0.2) is 42.5 Å². The Morgan fingerprint density at radius 1 is 0.960 bits per heavy atom. The minimum atomic E-state index is -0.762. The minimum Gasteiger partial charge on any atom is -0.493 e. The fourth-order valence-corrected chi connectivity index (χ4v) is 2.23. The molecule has 0 fully saturated rings. The van der Waals surface area contributed by atoms with Crippen LogP contribution in [0.4, 0.5) is 5.69 Å². The van der Waals surface area contributed by atoms with E-state index in [9.17, 15) is 9.59 Å². The maximum absolute atomic E-state index is 12.0. The van der Waals surface area contributed by atoms with Crippen LogP contribution in [0.2, 0.25) is 0 Å². The highest BCUT2D eigenvalue weighted by Gasteiger charge is 2.14. The first-order chi connectivity index (χ1) is 12.1. The van der Waals surface area contributed by atoms with Crippen molar-refractivity contribution in [1.29, 1.82) is 0 Å². The van der Waals surface area contributed by atoms with Gasteiger partial charge in [-0.25, -0.2) is 0 Å². The molecule has 132 valence electrons. The number of nitrogens with two attached hydrogens (primary N) is 1. The van der Waals surface area contributed by atoms with Crippen molar-refractivity contribution in [1.82, 2.24) is 5.32 Å². The van der Waals surface area contributed by atoms with Gasteiger partial charge in [0.05, 0.1) is 14.2 Å². The highest BCUT2D eigenvalue weighted by molar-refractivity contribution is 6.39. The van der Waals surface area contributed by atoms with E-state index < -0.39 is 11.8 Å². The second-order valence-corrected chi connectivity index (χ2v) is 5.23. The summed E-state index contributed by atoms with van der Waals surface area (Å²) in [6.45, 7) is 0.660. The molecule has 7 heteroatoms. The molecule has 2 amide bonds. The molecule has 0 spiro atoms. The number of anilines is 1. The zero-order chi connectivity index (χ0) is 18.2. The van der Waals surface area contributed by atoms with Crippen molar-refractivity contribution < 1.29 is 19.1 Å². The quantitative estimate of drug-likeness (QED) is 0.688. The molecule has 0 aliphatic rings. The Balaban J connectivity index is 1.95. The van der Waals surface area contributed by atoms with Gasteiger partial charge in [0.15, 0.2) is 11.5 Å². The molecule has 0 saturated heterocycles. The van der Waals surface area contributed by atoms with Crippen LogP contribution in [0.5, 0.6) is 11.5 Å². The molecule has 2 aromatic carbocycles. The lowest BCUT2D eigenvalue weighted by molar-refractivity contribution is -0.136. The van der Waals surface area contributed by atoms with Crippen LogP contribution < -0.4 is 25.8 Å². The maximum Gasteiger partial charge on any atom is 0.313 e. The zero-order valence-corrected chi connectivity index (χ0v) is 14.2. The highest BCUT2D eigenvalue weighted by atomic mass is 16.5. The molecule has 0 unspecified atom stereocenters. The molecule has 25 heavy (non-hydrogen) atoms. The van der Waals surface area contributed by atoms with Gasteiger partial charge in [0.25, 0.3) is 0 Å². The molecule has 0 aliphatic heterocycles. The summed E-state index contributed by atoms with van der Waals surface area (Å²) in [5, 5.41) is 5.09. The Hall–Kier alpha value is -3.06. The summed E-state index contributed by atoms with van der Waals surface area (Å²) >= 11 is 0. The number of methoxy groups -OCH3 is 2. The van der Waals surface area contributed by atoms with Gasteiger partial charge in [0.2, 0.25) is 0 Å². The summed E-state index contributed by atoms with van der Waals surface area (Å²) < 4.78 is 10.3. The van der Waals surface area contributed by atoms with E-state index in [1.807, 2.05) is 24.3 Å². The van der Waals surface area contributed by atoms with Crippen molar-refractivity contribution in [3.8, 4) is 11.5 Å². The van der Waals surface area contributed by atoms with Gasteiger partial charge in [-0.3, -0.25) is 9.59 Å². The van der Waals surface area contributed by atoms with E-state index in [0.717, 1.165) is 11.1 Å². The molecule has 4 N–H and O–H groups in total. The Morgan fingerprint density at radius 3 is 2.36 bits per heavy atom. The van der Waals surface area contributed by atoms with Gasteiger partial charge in [-0.15, -0.1) is 0 Å². The van der Waals surface area contributed by atoms with Crippen LogP contribution in [0.1, 0.15) is 11.1 Å². The van der Waals surface area contributed by atoms with Crippen LogP contribution in [0.25, 0.3) is 0 Å². The first kappa shape index (κ1) is 18.3. The number of amides is 2. The van der Waals surface area contributed by atoms with Crippen molar-refractivity contribution in [2.45, 2.75) is 13.1 Å². The van der Waals surface area contributed by atoms with Crippen molar-refractivity contribution in [3.05, 3.63) is 53.6 Å². The monoisotopic (exact) mass is 343 g/mol. The molecule has 0 heterocycles. The molecule has 0 radical (unpaired) electrons. The predicted molar refractivity (Wildman–Crippen MR) is 94.4 cm³/mol. The molecular weight excluding hydrogens is 322 g/mol. The average molecular weight is 343 g/mol. The first-order valence-corrected chi connectivity index (χ1v) is 7.66. The Morgan fingerprint density at radius 2 is 1.68 bits per heavy atom. The third-order valence-electron chi connectivity index (χ3n) is 3.53. The zero-order valence-electron chi connectivity index (χ0n) is 14.2. The first-order valence-electron chi connectivity index (χ1n) is 7.66. The smallest absolute Gasteiger partial charge is 0.313 e. The van der Waals surface area contributed by atoms with E-state index in [4.69, 9.17) is 15.2 Å². The van der Waals surface area contributed by atoms with E-state index in [2.05, 4.69) is 10.6 Å². The van der Waals surface area contributed by atoms with Gasteiger partial charge >= 0.3 is 11.8 Å². The Kier molecular flexibility index (Phi) is 6.36. The molecule has 2 rings (SSSR count). The van der Waals surface area contributed by atoms with Crippen LogP contribution in [0.3, 0.4) is 0 Å². The molecule has 0 saturated carbocycles. The third kappa shape index (κ3) is 4.95. The molecule has 0 aromatic heterocycles. The molecule has 0 bridgehead atoms. The molecular formula is C18H21N3O4. The number of hydrogen-bond acceptors (Lipinski definition) is 5. The average Bonchev–Trinajstić information content (AvgIpc) is 2.65. The third-order valence-corrected chi connectivity index (χ3v) is 3.53. The number of rotatable bonds is 6. The van der Waals surface area contributed by atoms with Gasteiger partial charge in [0.1, 0.15) is 0 Å². The van der Waals surface area contributed by atoms with Crippen LogP contribution in [-0.2, 0) is 22.7 Å². The van der Waals surface area contributed by atoms with Gasteiger partial charge in [-0.2, -0.15) is 0 Å². The van der Waals surface area contributed by atoms with Crippen molar-refractivity contribution in [3.63, 3.8) is 0 Å². The fraction of sp³-hybridized carbons (Fsp3) is 0.222. The lowest BCUT2D eigenvalue weighted by Gasteiger charge is -2.11. The number of hydrogen-bond donors (Lipinski definition) is 3. The number of nitrogens with one attached hydrogen (secondary N) is 2. The second-order valence-electron chi connectivity index (χ2n) is 5.23. The Bertz CT molecular complexity index is 762. The summed E-state index contributed by atoms with van der Waals surface area (Å²) in [5.74, 6) is -0.501. The highest BCUT2D eigenvalue weighted by Crippen LogP contribution is 2.29. The van der Waals surface area contributed by atoms with E-state index in [-0.39, 0.29) is 6.54 Å². The minimum absolute atomic E-state index is 0.242. The topological polar surface area (TPSA) is 103 Å². The summed E-state index contributed by atoms with van der Waals surface area (Å²) in [6, 6.07) is 12.3. The largest absolute Gasteiger partial charge is 0.493 e. The SMILES string of the molecule is COc1ccc(NC(=O)C(=O)NCc2cccc(CN)c2)cc1OC. The molecule has 7 nitrogen and oxygen atoms in total. The maximum atomic E-state index is 12.0. The number of carbonyl (C=O) groups is 2. The Labute approximate surface area is 146 Å². The van der Waals surface area contributed by atoms with Gasteiger partial charge in [-0.05, 0) is 23.3 Å². The molecule has 2 aromatic rings. The lowest BCUT2D eigenvalue weighted by Crippen LogP contribution is -2.35. The van der Waals surface area contributed by atoms with E-state index in [1.54, 1.807) is 18.2 Å². The van der Waals surface area contributed by atoms with E-state index in [1.165, 1.54) is 14.2 Å². The van der Waals surface area contributed by atoms with Gasteiger partial charge in [0, 0.05) is 24.8 Å². The summed E-state index contributed by atoms with van der Waals surface area (Å²) in [7, 11) is 3.01. The molecule has 0 atom stereocenters. The second kappa shape index (κ2) is 8.70. The normalized spacial score (nSPS) is 10.0. The molecule has 0 aliphatic carbocycles. The van der Waals surface area contributed by atoms with E-state index >= 15 is 0 Å². The number of benzene rings is 2. The lowest BCUT2D eigenvalue weighted by atomic mass is 10.1. The van der Waals surface area contributed by atoms with Crippen LogP contribution >= 0.6 is 0 Å². The summed E-state index contributed by atoms with van der Waals surface area (Å²) in [6.07, 6.45) is 0. The van der Waals surface area contributed by atoms with Crippen molar-refractivity contribution >= 4 is 17.5 Å². The van der Waals surface area contributed by atoms with Crippen LogP contribution in [0, 0.1) is 0 Å². The summed E-state index contributed by atoms with van der Waals surface area (Å²) in [5.41, 5.74) is 7.85. The standard InChI is InChI=1S/C18H21N3O4/c1-24-15-7-6-14(9-16(15)25-2)21-18(23)17(22)20-11-13-5-3-4-12(8-13)10-19/h3-9H,10-11,19H2,1-2H3,(H,20,22)(H,21,23). The van der Waals surface area contributed by atoms with Crippen LogP contribution in [-0.4, -0.2) is 26.0 Å². The summed E-state index contributed by atoms with van der Waals surface area (Å²) in [4.78, 5) is 23.9. The van der Waals surface area contributed by atoms with Gasteiger partial charge in [-0.1, -0.05) is 24.3 Å².